The van der Waals surface area contributed by atoms with Crippen LogP contribution in [0.15, 0.2) is 24.4 Å². The summed E-state index contributed by atoms with van der Waals surface area (Å²) in [6, 6.07) is 6.34. The van der Waals surface area contributed by atoms with Crippen molar-refractivity contribution in [3.63, 3.8) is 0 Å². The Labute approximate surface area is 200 Å². The Hall–Kier alpha value is -2.09. The van der Waals surface area contributed by atoms with Gasteiger partial charge in [-0.25, -0.2) is 9.37 Å². The summed E-state index contributed by atoms with van der Waals surface area (Å²) >= 11 is 0. The molecule has 0 spiro atoms. The number of amides is 1. The van der Waals surface area contributed by atoms with Crippen molar-refractivity contribution in [1.82, 2.24) is 9.88 Å². The molecule has 0 radical (unpaired) electrons. The average Bonchev–Trinajstić information content (AvgIpc) is 3.54. The van der Waals surface area contributed by atoms with Gasteiger partial charge in [0.2, 0.25) is 5.91 Å². The highest BCUT2D eigenvalue weighted by Gasteiger charge is 2.52. The minimum absolute atomic E-state index is 0.145. The van der Waals surface area contributed by atoms with Crippen LogP contribution in [0.3, 0.4) is 0 Å². The number of alkyl halides is 1. The third kappa shape index (κ3) is 4.34. The molecule has 2 aromatic rings. The van der Waals surface area contributed by atoms with Gasteiger partial charge < -0.3 is 15.2 Å². The second-order valence-electron chi connectivity index (χ2n) is 11.3. The van der Waals surface area contributed by atoms with Crippen LogP contribution in [0.4, 0.5) is 10.2 Å². The van der Waals surface area contributed by atoms with Crippen molar-refractivity contribution in [3.8, 4) is 0 Å². The number of carbonyl (C=O) groups is 1. The minimum atomic E-state index is -1.33. The number of nitrogens with one attached hydrogen (secondary N) is 1. The van der Waals surface area contributed by atoms with E-state index < -0.39 is 11.8 Å². The molecular weight excluding hydrogens is 433 g/mol. The molecule has 5 rings (SSSR count). The number of hydrogen-bond acceptors (Lipinski definition) is 5. The topological polar surface area (TPSA) is 74.7 Å². The van der Waals surface area contributed by atoms with Crippen molar-refractivity contribution in [1.29, 1.82) is 0 Å². The number of anilines is 1. The Bertz CT molecular complexity index is 1090. The third-order valence-electron chi connectivity index (χ3n) is 8.41. The normalized spacial score (nSPS) is 30.6. The van der Waals surface area contributed by atoms with Crippen molar-refractivity contribution >= 4 is 22.5 Å². The van der Waals surface area contributed by atoms with Crippen LogP contribution < -0.4 is 5.32 Å². The molecule has 3 fully saturated rings. The van der Waals surface area contributed by atoms with E-state index in [1.807, 2.05) is 6.07 Å². The van der Waals surface area contributed by atoms with Crippen LogP contribution in [-0.4, -0.2) is 64.5 Å². The quantitative estimate of drug-likeness (QED) is 0.687. The second-order valence-corrected chi connectivity index (χ2v) is 11.3. The number of aliphatic hydroxyl groups excluding tert-OH is 1. The first-order valence-electron chi connectivity index (χ1n) is 12.5. The maximum Gasteiger partial charge on any atom is 0.229 e. The molecule has 1 aromatic carbocycles. The summed E-state index contributed by atoms with van der Waals surface area (Å²) < 4.78 is 19.7. The number of ether oxygens (including phenoxy) is 1. The van der Waals surface area contributed by atoms with Crippen LogP contribution in [0.2, 0.25) is 0 Å². The number of piperidine rings is 1. The Morgan fingerprint density at radius 1 is 1.26 bits per heavy atom. The number of benzene rings is 1. The van der Waals surface area contributed by atoms with E-state index in [4.69, 9.17) is 4.74 Å². The van der Waals surface area contributed by atoms with Crippen LogP contribution in [0.5, 0.6) is 0 Å². The summed E-state index contributed by atoms with van der Waals surface area (Å²) in [6.07, 6.45) is 4.02. The molecule has 4 atom stereocenters. The van der Waals surface area contributed by atoms with Crippen LogP contribution in [0.1, 0.15) is 57.1 Å². The van der Waals surface area contributed by atoms with Crippen LogP contribution in [0.25, 0.3) is 10.8 Å². The predicted octanol–water partition coefficient (Wildman–Crippen LogP) is 4.20. The van der Waals surface area contributed by atoms with Crippen LogP contribution in [0, 0.1) is 18.8 Å². The number of likely N-dealkylation sites (tertiary alicyclic amines) is 1. The van der Waals surface area contributed by atoms with E-state index >= 15 is 0 Å². The van der Waals surface area contributed by atoms with E-state index in [-0.39, 0.29) is 23.3 Å². The molecule has 1 aliphatic carbocycles. The first-order chi connectivity index (χ1) is 16.1. The fourth-order valence-corrected chi connectivity index (χ4v) is 5.95. The molecule has 7 heteroatoms. The summed E-state index contributed by atoms with van der Waals surface area (Å²) in [7, 11) is 0. The number of aryl methyl sites for hydroxylation is 1. The maximum atomic E-state index is 14.1. The van der Waals surface area contributed by atoms with E-state index in [1.165, 1.54) is 25.0 Å². The highest BCUT2D eigenvalue weighted by molar-refractivity contribution is 5.96. The number of rotatable bonds is 5. The third-order valence-corrected chi connectivity index (χ3v) is 8.41. The van der Waals surface area contributed by atoms with E-state index in [9.17, 15) is 14.3 Å². The maximum absolute atomic E-state index is 14.1. The zero-order valence-electron chi connectivity index (χ0n) is 20.6. The summed E-state index contributed by atoms with van der Waals surface area (Å²) in [5.74, 6) is 0.338. The summed E-state index contributed by atoms with van der Waals surface area (Å²) in [4.78, 5) is 19.4. The van der Waals surface area contributed by atoms with Gasteiger partial charge in [-0.15, -0.1) is 0 Å². The fraction of sp³-hybridized carbons (Fsp3) is 0.630. The molecule has 6 nitrogen and oxygen atoms in total. The largest absolute Gasteiger partial charge is 0.389 e. The molecule has 1 aromatic heterocycles. The molecular formula is C27H36FN3O3. The zero-order valence-corrected chi connectivity index (χ0v) is 20.6. The lowest BCUT2D eigenvalue weighted by atomic mass is 9.83. The highest BCUT2D eigenvalue weighted by atomic mass is 19.1. The van der Waals surface area contributed by atoms with Crippen LogP contribution in [-0.2, 0) is 9.53 Å². The lowest BCUT2D eigenvalue weighted by molar-refractivity contribution is -0.118. The van der Waals surface area contributed by atoms with Gasteiger partial charge in [0.25, 0.3) is 0 Å². The molecule has 3 heterocycles. The van der Waals surface area contributed by atoms with Crippen molar-refractivity contribution < 1.29 is 19.0 Å². The summed E-state index contributed by atoms with van der Waals surface area (Å²) in [5.41, 5.74) is 0.970. The Balaban J connectivity index is 1.29. The Kier molecular flexibility index (Phi) is 5.94. The van der Waals surface area contributed by atoms with E-state index in [1.54, 1.807) is 6.20 Å². The molecule has 3 aliphatic rings. The summed E-state index contributed by atoms with van der Waals surface area (Å²) in [5, 5.41) is 15.4. The minimum Gasteiger partial charge on any atom is -0.389 e. The number of halogens is 1. The number of fused-ring (bicyclic) bond motifs is 1. The van der Waals surface area contributed by atoms with Gasteiger partial charge in [-0.05, 0) is 94.6 Å². The van der Waals surface area contributed by atoms with Gasteiger partial charge in [-0.1, -0.05) is 6.07 Å². The Morgan fingerprint density at radius 3 is 2.62 bits per heavy atom. The fourth-order valence-electron chi connectivity index (χ4n) is 5.95. The molecule has 2 saturated heterocycles. The molecule has 0 bridgehead atoms. The van der Waals surface area contributed by atoms with E-state index in [2.05, 4.69) is 41.2 Å². The number of aromatic nitrogens is 1. The van der Waals surface area contributed by atoms with Gasteiger partial charge in [0, 0.05) is 23.4 Å². The van der Waals surface area contributed by atoms with Gasteiger partial charge in [0.1, 0.15) is 11.5 Å². The molecule has 184 valence electrons. The van der Waals surface area contributed by atoms with Gasteiger partial charge >= 0.3 is 0 Å². The van der Waals surface area contributed by atoms with Gasteiger partial charge in [0.15, 0.2) is 0 Å². The van der Waals surface area contributed by atoms with Gasteiger partial charge in [-0.2, -0.15) is 0 Å². The van der Waals surface area contributed by atoms with Crippen molar-refractivity contribution in [2.24, 2.45) is 11.8 Å². The zero-order chi connectivity index (χ0) is 24.3. The number of carbonyl (C=O) groups excluding carboxylic acids is 1. The van der Waals surface area contributed by atoms with E-state index in [0.29, 0.717) is 31.4 Å². The average molecular weight is 470 g/mol. The van der Waals surface area contributed by atoms with Crippen molar-refractivity contribution in [2.75, 3.05) is 31.6 Å². The lowest BCUT2D eigenvalue weighted by Gasteiger charge is -2.44. The first kappa shape index (κ1) is 23.6. The smallest absolute Gasteiger partial charge is 0.229 e. The van der Waals surface area contributed by atoms with Gasteiger partial charge in [0.05, 0.1) is 24.9 Å². The first-order valence-corrected chi connectivity index (χ1v) is 12.5. The SMILES string of the molecule is Cc1cc2cnc(NC(=O)C3CC3C(C)(C)F)cc2cc1C1CCN([C@@]2(C)COC[C@H]2O)CC1. The highest BCUT2D eigenvalue weighted by Crippen LogP contribution is 2.48. The monoisotopic (exact) mass is 469 g/mol. The molecule has 2 unspecified atom stereocenters. The second kappa shape index (κ2) is 8.54. The lowest BCUT2D eigenvalue weighted by Crippen LogP contribution is -2.56. The van der Waals surface area contributed by atoms with E-state index in [0.717, 1.165) is 36.7 Å². The number of pyridine rings is 1. The molecule has 1 saturated carbocycles. The standard InChI is InChI=1S/C27H36FN3O3/c1-16-9-19-13-29-24(30-25(33)21-12-22(21)26(2,3)28)11-18(19)10-20(16)17-5-7-31(8-6-17)27(4)15-34-14-23(27)32/h9-11,13,17,21-23,32H,5-8,12,14-15H2,1-4H3,(H,29,30,33)/t21?,22?,23-,27+/m1/s1. The summed E-state index contributed by atoms with van der Waals surface area (Å²) in [6.45, 7) is 10.2. The molecule has 34 heavy (non-hydrogen) atoms. The molecule has 2 aliphatic heterocycles. The number of aliphatic hydroxyl groups is 1. The Morgan fingerprint density at radius 2 is 2.00 bits per heavy atom. The van der Waals surface area contributed by atoms with Crippen molar-refractivity contribution in [2.45, 2.75) is 70.2 Å². The predicted molar refractivity (Wildman–Crippen MR) is 131 cm³/mol. The number of nitrogens with zero attached hydrogens (tertiary/aromatic N) is 2. The molecule has 2 N–H and O–H groups in total. The number of hydrogen-bond donors (Lipinski definition) is 2. The van der Waals surface area contributed by atoms with Crippen molar-refractivity contribution in [3.05, 3.63) is 35.5 Å². The van der Waals surface area contributed by atoms with Gasteiger partial charge in [-0.3, -0.25) is 9.69 Å². The molecule has 1 amide bonds. The van der Waals surface area contributed by atoms with Crippen LogP contribution >= 0.6 is 0 Å².